The number of aromatic nitrogens is 1. The number of carboxylic acid groups (broad SMARTS) is 1. The van der Waals surface area contributed by atoms with E-state index in [0.717, 1.165) is 9.80 Å². The minimum Gasteiger partial charge on any atom is -0.477 e. The third-order valence-corrected chi connectivity index (χ3v) is 6.39. The smallest absolute Gasteiger partial charge is 0.352 e. The summed E-state index contributed by atoms with van der Waals surface area (Å²) in [5, 5.41) is 11.7. The Bertz CT molecular complexity index is 845. The lowest BCUT2D eigenvalue weighted by Gasteiger charge is -2.49. The normalized spacial score (nSPS) is 20.9. The summed E-state index contributed by atoms with van der Waals surface area (Å²) in [4.78, 5) is 53.2. The molecule has 2 N–H and O–H groups in total. The second kappa shape index (κ2) is 8.65. The average molecular weight is 423 g/mol. The van der Waals surface area contributed by atoms with Gasteiger partial charge in [-0.15, -0.1) is 23.5 Å². The van der Waals surface area contributed by atoms with Gasteiger partial charge in [-0.2, -0.15) is 0 Å². The number of hydrogen-bond donors (Lipinski definition) is 2. The van der Waals surface area contributed by atoms with Crippen molar-refractivity contribution in [2.24, 2.45) is 0 Å². The van der Waals surface area contributed by atoms with Crippen LogP contribution in [0.2, 0.25) is 0 Å². The lowest BCUT2D eigenvalue weighted by molar-refractivity contribution is -0.150. The number of rotatable bonds is 7. The molecule has 2 atom stereocenters. The predicted molar refractivity (Wildman–Crippen MR) is 101 cm³/mol. The van der Waals surface area contributed by atoms with Crippen LogP contribution in [0.4, 0.5) is 0 Å². The molecule has 1 unspecified atom stereocenters. The first kappa shape index (κ1) is 20.2. The number of carbonyl (C=O) groups is 4. The number of ether oxygens (including phenoxy) is 1. The first-order chi connectivity index (χ1) is 13.4. The number of thioether (sulfide) groups is 2. The van der Waals surface area contributed by atoms with E-state index in [9.17, 15) is 24.3 Å². The summed E-state index contributed by atoms with van der Waals surface area (Å²) in [5.74, 6) is -2.18. The van der Waals surface area contributed by atoms with Gasteiger partial charge in [0, 0.05) is 35.5 Å². The molecular formula is C17H17N3O6S2. The van der Waals surface area contributed by atoms with E-state index in [0.29, 0.717) is 11.3 Å². The van der Waals surface area contributed by atoms with Gasteiger partial charge in [0.25, 0.3) is 5.91 Å². The SMILES string of the molecule is CC(=O)OCC1=C(C(=O)O)N2C(=O)C(NC(=O)CSc3ccncc3)[C@H]2SC1. The predicted octanol–water partition coefficient (Wildman–Crippen LogP) is 0.475. The van der Waals surface area contributed by atoms with Gasteiger partial charge in [0.15, 0.2) is 0 Å². The molecule has 0 radical (unpaired) electrons. The Morgan fingerprint density at radius 3 is 2.75 bits per heavy atom. The van der Waals surface area contributed by atoms with Crippen molar-refractivity contribution in [3.8, 4) is 0 Å². The van der Waals surface area contributed by atoms with E-state index in [4.69, 9.17) is 4.74 Å². The molecular weight excluding hydrogens is 406 g/mol. The summed E-state index contributed by atoms with van der Waals surface area (Å²) in [6, 6.07) is 2.78. The zero-order valence-electron chi connectivity index (χ0n) is 14.8. The molecule has 1 saturated heterocycles. The quantitative estimate of drug-likeness (QED) is 0.366. The van der Waals surface area contributed by atoms with Crippen LogP contribution in [0.25, 0.3) is 0 Å². The zero-order chi connectivity index (χ0) is 20.3. The summed E-state index contributed by atoms with van der Waals surface area (Å²) in [6.07, 6.45) is 3.25. The lowest BCUT2D eigenvalue weighted by Crippen LogP contribution is -2.70. The molecule has 0 saturated carbocycles. The third-order valence-electron chi connectivity index (χ3n) is 4.04. The van der Waals surface area contributed by atoms with E-state index in [1.165, 1.54) is 30.4 Å². The molecule has 0 spiro atoms. The van der Waals surface area contributed by atoms with E-state index in [-0.39, 0.29) is 24.0 Å². The molecule has 0 aromatic carbocycles. The second-order valence-electron chi connectivity index (χ2n) is 5.96. The molecule has 3 rings (SSSR count). The summed E-state index contributed by atoms with van der Waals surface area (Å²) < 4.78 is 4.88. The van der Waals surface area contributed by atoms with Gasteiger partial charge < -0.3 is 15.2 Å². The number of nitrogens with one attached hydrogen (secondary N) is 1. The minimum atomic E-state index is -1.26. The molecule has 2 aliphatic heterocycles. The number of β-lactam (4-membered cyclic amide) rings is 1. The maximum absolute atomic E-state index is 12.5. The van der Waals surface area contributed by atoms with Crippen LogP contribution < -0.4 is 5.32 Å². The van der Waals surface area contributed by atoms with Gasteiger partial charge in [-0.25, -0.2) is 4.79 Å². The average Bonchev–Trinajstić information content (AvgIpc) is 2.68. The van der Waals surface area contributed by atoms with Gasteiger partial charge in [-0.05, 0) is 12.1 Å². The van der Waals surface area contributed by atoms with Gasteiger partial charge >= 0.3 is 11.9 Å². The first-order valence-electron chi connectivity index (χ1n) is 8.24. The number of nitrogens with zero attached hydrogens (tertiary/aromatic N) is 2. The largest absolute Gasteiger partial charge is 0.477 e. The van der Waals surface area contributed by atoms with Crippen molar-refractivity contribution in [1.82, 2.24) is 15.2 Å². The van der Waals surface area contributed by atoms with Gasteiger partial charge in [-0.3, -0.25) is 24.3 Å². The van der Waals surface area contributed by atoms with Crippen LogP contribution in [0, 0.1) is 0 Å². The molecule has 2 aliphatic rings. The molecule has 0 aliphatic carbocycles. The Morgan fingerprint density at radius 1 is 1.39 bits per heavy atom. The standard InChI is InChI=1S/C17H17N3O6S2/c1-9(21)26-6-10-7-28-16-13(15(23)20(16)14(10)17(24)25)19-12(22)8-27-11-2-4-18-5-3-11/h2-5,13,16H,6-8H2,1H3,(H,19,22)(H,24,25)/t13?,16-/m1/s1. The van der Waals surface area contributed by atoms with E-state index < -0.39 is 29.3 Å². The van der Waals surface area contributed by atoms with Crippen molar-refractivity contribution in [2.75, 3.05) is 18.1 Å². The number of esters is 1. The molecule has 11 heteroatoms. The molecule has 1 aromatic heterocycles. The third kappa shape index (κ3) is 4.30. The van der Waals surface area contributed by atoms with Gasteiger partial charge in [0.2, 0.25) is 5.91 Å². The lowest BCUT2D eigenvalue weighted by atomic mass is 10.0. The Kier molecular flexibility index (Phi) is 6.25. The topological polar surface area (TPSA) is 126 Å². The van der Waals surface area contributed by atoms with Crippen LogP contribution in [-0.4, -0.2) is 68.3 Å². The van der Waals surface area contributed by atoms with Crippen LogP contribution in [0.5, 0.6) is 0 Å². The van der Waals surface area contributed by atoms with Crippen molar-refractivity contribution in [2.45, 2.75) is 23.2 Å². The fraction of sp³-hybridized carbons (Fsp3) is 0.353. The summed E-state index contributed by atoms with van der Waals surface area (Å²) in [7, 11) is 0. The highest BCUT2D eigenvalue weighted by atomic mass is 32.2. The molecule has 28 heavy (non-hydrogen) atoms. The van der Waals surface area contributed by atoms with Crippen molar-refractivity contribution >= 4 is 47.3 Å². The number of hydrogen-bond acceptors (Lipinski definition) is 8. The van der Waals surface area contributed by atoms with E-state index in [2.05, 4.69) is 10.3 Å². The molecule has 1 aromatic rings. The van der Waals surface area contributed by atoms with Crippen molar-refractivity contribution in [1.29, 1.82) is 0 Å². The van der Waals surface area contributed by atoms with Crippen LogP contribution in [0.1, 0.15) is 6.92 Å². The van der Waals surface area contributed by atoms with Crippen molar-refractivity contribution in [3.63, 3.8) is 0 Å². The van der Waals surface area contributed by atoms with Crippen LogP contribution in [0.15, 0.2) is 40.7 Å². The van der Waals surface area contributed by atoms with E-state index in [1.54, 1.807) is 24.5 Å². The number of carbonyl (C=O) groups excluding carboxylic acids is 3. The van der Waals surface area contributed by atoms with Crippen LogP contribution >= 0.6 is 23.5 Å². The Labute approximate surface area is 168 Å². The Morgan fingerprint density at radius 2 is 2.11 bits per heavy atom. The summed E-state index contributed by atoms with van der Waals surface area (Å²) >= 11 is 2.64. The Balaban J connectivity index is 1.62. The highest BCUT2D eigenvalue weighted by Gasteiger charge is 2.54. The van der Waals surface area contributed by atoms with Gasteiger partial charge in [-0.1, -0.05) is 0 Å². The van der Waals surface area contributed by atoms with Crippen molar-refractivity contribution < 1.29 is 29.0 Å². The molecule has 0 bridgehead atoms. The highest BCUT2D eigenvalue weighted by Crippen LogP contribution is 2.40. The first-order valence-corrected chi connectivity index (χ1v) is 10.3. The number of pyridine rings is 1. The molecule has 148 valence electrons. The monoisotopic (exact) mass is 423 g/mol. The van der Waals surface area contributed by atoms with E-state index in [1.807, 2.05) is 0 Å². The molecule has 2 amide bonds. The molecule has 1 fully saturated rings. The number of amides is 2. The fourth-order valence-corrected chi connectivity index (χ4v) is 4.80. The maximum atomic E-state index is 12.5. The number of carboxylic acids is 1. The second-order valence-corrected chi connectivity index (χ2v) is 8.12. The van der Waals surface area contributed by atoms with Crippen LogP contribution in [-0.2, 0) is 23.9 Å². The number of fused-ring (bicyclic) bond motifs is 1. The summed E-state index contributed by atoms with van der Waals surface area (Å²) in [5.41, 5.74) is 0.182. The minimum absolute atomic E-state index is 0.129. The highest BCUT2D eigenvalue weighted by molar-refractivity contribution is 8.00. The summed E-state index contributed by atoms with van der Waals surface area (Å²) in [6.45, 7) is 1.05. The molecule has 9 nitrogen and oxygen atoms in total. The van der Waals surface area contributed by atoms with Gasteiger partial charge in [0.1, 0.15) is 23.7 Å². The number of aliphatic carboxylic acids is 1. The maximum Gasteiger partial charge on any atom is 0.352 e. The van der Waals surface area contributed by atoms with Gasteiger partial charge in [0.05, 0.1) is 5.75 Å². The molecule has 3 heterocycles. The zero-order valence-corrected chi connectivity index (χ0v) is 16.4. The fourth-order valence-electron chi connectivity index (χ4n) is 2.78. The Hall–Kier alpha value is -2.53. The van der Waals surface area contributed by atoms with Crippen molar-refractivity contribution in [3.05, 3.63) is 35.8 Å². The van der Waals surface area contributed by atoms with Crippen LogP contribution in [0.3, 0.4) is 0 Å². The van der Waals surface area contributed by atoms with E-state index >= 15 is 0 Å².